The van der Waals surface area contributed by atoms with E-state index in [-0.39, 0.29) is 27.7 Å². The summed E-state index contributed by atoms with van der Waals surface area (Å²) in [5.74, 6) is 5.44. The molecule has 1 fully saturated rings. The Balaban J connectivity index is 0.000000472. The fourth-order valence-electron chi connectivity index (χ4n) is 5.38. The lowest BCUT2D eigenvalue weighted by atomic mass is 9.91. The number of hydrogen-bond donors (Lipinski definition) is 0. The van der Waals surface area contributed by atoms with Crippen LogP contribution in [0.1, 0.15) is 64.9 Å². The maximum absolute atomic E-state index is 14.7. The predicted octanol–water partition coefficient (Wildman–Crippen LogP) is 8.22. The number of rotatable bonds is 12. The van der Waals surface area contributed by atoms with Crippen LogP contribution in [-0.4, -0.2) is 44.5 Å². The van der Waals surface area contributed by atoms with Gasteiger partial charge in [0.25, 0.3) is 5.91 Å². The lowest BCUT2D eigenvalue weighted by molar-refractivity contribution is -0.114. The summed E-state index contributed by atoms with van der Waals surface area (Å²) in [6, 6.07) is 20.6. The van der Waals surface area contributed by atoms with E-state index in [1.807, 2.05) is 66.4 Å². The first-order valence-electron chi connectivity index (χ1n) is 16.4. The van der Waals surface area contributed by atoms with E-state index in [4.69, 9.17) is 17.6 Å². The van der Waals surface area contributed by atoms with Gasteiger partial charge in [0.1, 0.15) is 5.82 Å². The first-order chi connectivity index (χ1) is 22.7. The topological polar surface area (TPSA) is 49.9 Å². The van der Waals surface area contributed by atoms with E-state index in [1.54, 1.807) is 23.5 Å². The first-order valence-corrected chi connectivity index (χ1v) is 16.4. The van der Waals surface area contributed by atoms with Crippen molar-refractivity contribution in [2.24, 2.45) is 11.8 Å². The van der Waals surface area contributed by atoms with E-state index >= 15 is 0 Å². The Morgan fingerprint density at radius 1 is 1.04 bits per heavy atom. The molecule has 47 heavy (non-hydrogen) atoms. The molecule has 0 N–H and O–H groups in total. The van der Waals surface area contributed by atoms with Crippen molar-refractivity contribution in [1.82, 2.24) is 0 Å². The average Bonchev–Trinajstić information content (AvgIpc) is 3.96. The standard InChI is InChI=1S/C22H20O.C19H24FN2O2.3H2/c1-4-8-18-12-15-21(16-13-18)22(23)17(3)11-14-20-10-7-6-9-19(20)5-2;1-3-14(2)13-22(19(23)15-4-5-15)16-6-7-18(17(20)12-16)21-8-10-24-11-9-21;;;/h1-2,6-7,9-10,12-13,15-17H,8,11,14H2,3H3;4-7,12,14H,3,8-11,13H2,1-2H3;3*1H/t;14-;;;/m.0.../s1. The third kappa shape index (κ3) is 9.92. The molecule has 3 aromatic rings. The van der Waals surface area contributed by atoms with Crippen LogP contribution in [0, 0.1) is 48.8 Å². The number of ketones is 1. The van der Waals surface area contributed by atoms with Crippen LogP contribution in [-0.2, 0) is 22.4 Å². The molecule has 1 aliphatic carbocycles. The third-order valence-electron chi connectivity index (χ3n) is 8.62. The SMILES string of the molecule is C#CCc1ccc(C(=O)C(C)CCc2ccccc2C#C)cc1.CC[C@H](C)CN(C(=O)C1=C[CH]1)c1ccc(N2CCOCC2)c(F)c1.[HH].[HH].[HH]. The maximum Gasteiger partial charge on any atom is 0.254 e. The number of ether oxygens (including phenoxy) is 1. The highest BCUT2D eigenvalue weighted by atomic mass is 19.1. The van der Waals surface area contributed by atoms with Crippen molar-refractivity contribution in [2.75, 3.05) is 42.6 Å². The summed E-state index contributed by atoms with van der Waals surface area (Å²) < 4.78 is 20.0. The number of carbonyl (C=O) groups is 2. The second kappa shape index (κ2) is 17.3. The van der Waals surface area contributed by atoms with E-state index < -0.39 is 0 Å². The monoisotopic (exact) mass is 637 g/mol. The molecular weight excluding hydrogens is 587 g/mol. The zero-order chi connectivity index (χ0) is 33.8. The van der Waals surface area contributed by atoms with Gasteiger partial charge in [0.05, 0.1) is 18.9 Å². The molecule has 1 amide bonds. The van der Waals surface area contributed by atoms with Gasteiger partial charge in [-0.25, -0.2) is 4.39 Å². The minimum absolute atomic E-state index is 0. The minimum atomic E-state index is -0.287. The number of benzene rings is 3. The van der Waals surface area contributed by atoms with Crippen LogP contribution in [0.15, 0.2) is 78.4 Å². The number of carbonyl (C=O) groups excluding carboxylic acids is 2. The van der Waals surface area contributed by atoms with E-state index in [9.17, 15) is 14.0 Å². The number of halogens is 1. The highest BCUT2D eigenvalue weighted by Gasteiger charge is 2.27. The van der Waals surface area contributed by atoms with Crippen LogP contribution in [0.4, 0.5) is 15.8 Å². The quantitative estimate of drug-likeness (QED) is 0.148. The minimum Gasteiger partial charge on any atom is -0.378 e. The molecular formula is C41H50FN2O3. The Hall–Kier alpha value is -4.65. The highest BCUT2D eigenvalue weighted by molar-refractivity contribution is 6.11. The number of anilines is 2. The molecule has 1 heterocycles. The lowest BCUT2D eigenvalue weighted by Gasteiger charge is -2.30. The van der Waals surface area contributed by atoms with E-state index in [2.05, 4.69) is 25.7 Å². The van der Waals surface area contributed by atoms with Crippen LogP contribution in [0.3, 0.4) is 0 Å². The second-order valence-corrected chi connectivity index (χ2v) is 12.1. The maximum atomic E-state index is 14.7. The summed E-state index contributed by atoms with van der Waals surface area (Å²) in [5.41, 5.74) is 5.73. The van der Waals surface area contributed by atoms with Crippen molar-refractivity contribution < 1.29 is 23.0 Å². The number of aryl methyl sites for hydroxylation is 1. The molecule has 0 spiro atoms. The summed E-state index contributed by atoms with van der Waals surface area (Å²) in [6.45, 7) is 9.36. The first kappa shape index (κ1) is 35.2. The number of allylic oxidation sites excluding steroid dienone is 1. The number of hydrogen-bond acceptors (Lipinski definition) is 4. The molecule has 1 saturated heterocycles. The zero-order valence-electron chi connectivity index (χ0n) is 27.7. The molecule has 3 aromatic carbocycles. The Morgan fingerprint density at radius 2 is 1.74 bits per heavy atom. The molecule has 6 heteroatoms. The molecule has 1 unspecified atom stereocenters. The predicted molar refractivity (Wildman–Crippen MR) is 195 cm³/mol. The zero-order valence-corrected chi connectivity index (χ0v) is 27.7. The Labute approximate surface area is 284 Å². The van der Waals surface area contributed by atoms with Gasteiger partial charge < -0.3 is 14.5 Å². The number of terminal acetylenes is 2. The Bertz CT molecular complexity index is 1660. The van der Waals surface area contributed by atoms with E-state index in [1.165, 1.54) is 6.07 Å². The molecule has 2 aliphatic rings. The molecule has 2 atom stereocenters. The molecule has 1 aliphatic heterocycles. The van der Waals surface area contributed by atoms with Crippen LogP contribution in [0.25, 0.3) is 0 Å². The van der Waals surface area contributed by atoms with Gasteiger partial charge in [-0.2, -0.15) is 0 Å². The summed E-state index contributed by atoms with van der Waals surface area (Å²) in [4.78, 5) is 28.7. The van der Waals surface area contributed by atoms with Gasteiger partial charge in [-0.15, -0.1) is 18.8 Å². The van der Waals surface area contributed by atoms with Gasteiger partial charge in [0.15, 0.2) is 5.78 Å². The smallest absolute Gasteiger partial charge is 0.254 e. The summed E-state index contributed by atoms with van der Waals surface area (Å²) >= 11 is 0. The van der Waals surface area contributed by atoms with Crippen molar-refractivity contribution >= 4 is 23.1 Å². The number of Topliss-reactive ketones (excluding diaryl/α,β-unsaturated/α-hetero) is 1. The molecule has 0 bridgehead atoms. The number of nitrogens with zero attached hydrogens (tertiary/aromatic N) is 2. The number of amides is 1. The van der Waals surface area contributed by atoms with Gasteiger partial charge in [-0.05, 0) is 54.2 Å². The summed E-state index contributed by atoms with van der Waals surface area (Å²) in [5, 5.41) is 0. The van der Waals surface area contributed by atoms with Gasteiger partial charge in [0.2, 0.25) is 0 Å². The van der Waals surface area contributed by atoms with Gasteiger partial charge in [-0.1, -0.05) is 81.7 Å². The third-order valence-corrected chi connectivity index (χ3v) is 8.62. The second-order valence-electron chi connectivity index (χ2n) is 12.1. The molecule has 1 radical (unpaired) electrons. The fraction of sp³-hybridized carbons (Fsp3) is 0.341. The largest absolute Gasteiger partial charge is 0.378 e. The Kier molecular flexibility index (Phi) is 13.0. The van der Waals surface area contributed by atoms with Gasteiger partial charge in [-0.3, -0.25) is 9.59 Å². The molecule has 5 rings (SSSR count). The van der Waals surface area contributed by atoms with Crippen molar-refractivity contribution in [3.05, 3.63) is 113 Å². The van der Waals surface area contributed by atoms with E-state index in [0.29, 0.717) is 62.1 Å². The Morgan fingerprint density at radius 3 is 2.36 bits per heavy atom. The number of morpholine rings is 1. The van der Waals surface area contributed by atoms with Gasteiger partial charge in [0, 0.05) is 65.1 Å². The van der Waals surface area contributed by atoms with Crippen LogP contribution >= 0.6 is 0 Å². The van der Waals surface area contributed by atoms with E-state index in [0.717, 1.165) is 41.5 Å². The van der Waals surface area contributed by atoms with Crippen molar-refractivity contribution in [3.63, 3.8) is 0 Å². The summed E-state index contributed by atoms with van der Waals surface area (Å²) in [6.07, 6.45) is 17.6. The molecule has 0 aromatic heterocycles. The molecule has 0 saturated carbocycles. The van der Waals surface area contributed by atoms with Crippen LogP contribution in [0.5, 0.6) is 0 Å². The lowest BCUT2D eigenvalue weighted by Crippen LogP contribution is -2.37. The molecule has 5 nitrogen and oxygen atoms in total. The van der Waals surface area contributed by atoms with Crippen molar-refractivity contribution in [1.29, 1.82) is 0 Å². The molecule has 249 valence electrons. The van der Waals surface area contributed by atoms with Crippen molar-refractivity contribution in [2.45, 2.75) is 46.5 Å². The van der Waals surface area contributed by atoms with Crippen LogP contribution < -0.4 is 9.80 Å². The normalized spacial score (nSPS) is 14.8. The van der Waals surface area contributed by atoms with Crippen LogP contribution in [0.2, 0.25) is 0 Å². The fourth-order valence-corrected chi connectivity index (χ4v) is 5.38. The van der Waals surface area contributed by atoms with Gasteiger partial charge >= 0.3 is 0 Å². The average molecular weight is 638 g/mol. The van der Waals surface area contributed by atoms with Crippen molar-refractivity contribution in [3.8, 4) is 24.7 Å². The highest BCUT2D eigenvalue weighted by Crippen LogP contribution is 2.30. The summed E-state index contributed by atoms with van der Waals surface area (Å²) in [7, 11) is 0.